The average molecular weight is 310 g/mol. The number of halogens is 1. The zero-order valence-corrected chi connectivity index (χ0v) is 11.0. The van der Waals surface area contributed by atoms with E-state index in [0.29, 0.717) is 18.2 Å². The number of nitrogens with zero attached hydrogens (tertiary/aromatic N) is 1. The number of carbonyl (C=O) groups excluding carboxylic acids is 1. The van der Waals surface area contributed by atoms with Crippen molar-refractivity contribution in [1.82, 2.24) is 20.3 Å². The van der Waals surface area contributed by atoms with Gasteiger partial charge in [-0.15, -0.1) is 0 Å². The molecule has 2 aromatic heterocycles. The Kier molecular flexibility index (Phi) is 3.83. The number of aromatic amines is 2. The second-order valence-electron chi connectivity index (χ2n) is 3.57. The molecule has 0 aromatic carbocycles. The number of nitrogens with two attached hydrogens (primary N) is 1. The van der Waals surface area contributed by atoms with E-state index in [9.17, 15) is 4.79 Å². The van der Waals surface area contributed by atoms with E-state index in [1.165, 1.54) is 0 Å². The molecule has 0 atom stereocenters. The van der Waals surface area contributed by atoms with E-state index in [1.807, 2.05) is 6.08 Å². The zero-order chi connectivity index (χ0) is 13.0. The number of aromatic nitrogens is 3. The lowest BCUT2D eigenvalue weighted by atomic mass is 10.4. The molecule has 1 amide bonds. The molecular formula is C11H12BrN5O. The van der Waals surface area contributed by atoms with E-state index < -0.39 is 0 Å². The van der Waals surface area contributed by atoms with Gasteiger partial charge in [-0.3, -0.25) is 4.79 Å². The first-order valence-corrected chi connectivity index (χ1v) is 6.03. The lowest BCUT2D eigenvalue weighted by Crippen LogP contribution is -2.23. The third kappa shape index (κ3) is 3.24. The maximum Gasteiger partial charge on any atom is 0.267 e. The smallest absolute Gasteiger partial charge is 0.267 e. The predicted octanol–water partition coefficient (Wildman–Crippen LogP) is 1.53. The first kappa shape index (κ1) is 12.4. The minimum absolute atomic E-state index is 0.158. The molecule has 0 unspecified atom stereocenters. The molecule has 0 saturated carbocycles. The Morgan fingerprint density at radius 3 is 3.06 bits per heavy atom. The highest BCUT2D eigenvalue weighted by Crippen LogP contribution is 2.10. The Morgan fingerprint density at radius 1 is 1.61 bits per heavy atom. The lowest BCUT2D eigenvalue weighted by Gasteiger charge is -1.98. The van der Waals surface area contributed by atoms with E-state index in [2.05, 4.69) is 36.2 Å². The number of hydrogen-bond donors (Lipinski definition) is 4. The van der Waals surface area contributed by atoms with Gasteiger partial charge in [-0.2, -0.15) is 0 Å². The zero-order valence-electron chi connectivity index (χ0n) is 9.40. The molecule has 2 rings (SSSR count). The number of hydrogen-bond acceptors (Lipinski definition) is 3. The molecule has 0 saturated heterocycles. The summed E-state index contributed by atoms with van der Waals surface area (Å²) in [4.78, 5) is 21.2. The maximum absolute atomic E-state index is 11.6. The molecule has 0 aliphatic heterocycles. The highest BCUT2D eigenvalue weighted by atomic mass is 79.9. The van der Waals surface area contributed by atoms with Crippen molar-refractivity contribution in [2.45, 2.75) is 0 Å². The first-order valence-electron chi connectivity index (χ1n) is 5.24. The van der Waals surface area contributed by atoms with Gasteiger partial charge in [0.25, 0.3) is 5.91 Å². The van der Waals surface area contributed by atoms with Gasteiger partial charge < -0.3 is 21.0 Å². The number of anilines is 1. The molecule has 0 aliphatic carbocycles. The van der Waals surface area contributed by atoms with Crippen LogP contribution in [-0.4, -0.2) is 27.4 Å². The second kappa shape index (κ2) is 5.54. The lowest BCUT2D eigenvalue weighted by molar-refractivity contribution is 0.0953. The highest BCUT2D eigenvalue weighted by molar-refractivity contribution is 9.10. The molecule has 2 aromatic rings. The van der Waals surface area contributed by atoms with Crippen LogP contribution in [-0.2, 0) is 0 Å². The van der Waals surface area contributed by atoms with Gasteiger partial charge in [-0.1, -0.05) is 6.08 Å². The van der Waals surface area contributed by atoms with Crippen LogP contribution in [0.1, 0.15) is 16.2 Å². The molecule has 6 nitrogen and oxygen atoms in total. The number of H-pyrrole nitrogens is 2. The SMILES string of the molecule is Nc1ncc(/C=C/CNC(=O)c2cc(Br)c[nH]2)[nH]1. The molecule has 18 heavy (non-hydrogen) atoms. The normalized spacial score (nSPS) is 10.9. The number of amides is 1. The van der Waals surface area contributed by atoms with Crippen LogP contribution in [0.15, 0.2) is 29.0 Å². The molecule has 0 radical (unpaired) electrons. The van der Waals surface area contributed by atoms with Gasteiger partial charge in [0.15, 0.2) is 5.95 Å². The van der Waals surface area contributed by atoms with Crippen LogP contribution in [0, 0.1) is 0 Å². The van der Waals surface area contributed by atoms with Crippen LogP contribution < -0.4 is 11.1 Å². The molecule has 5 N–H and O–H groups in total. The first-order chi connectivity index (χ1) is 8.65. The van der Waals surface area contributed by atoms with Crippen LogP contribution in [0.2, 0.25) is 0 Å². The fraction of sp³-hybridized carbons (Fsp3) is 0.0909. The van der Waals surface area contributed by atoms with Crippen LogP contribution in [0.5, 0.6) is 0 Å². The van der Waals surface area contributed by atoms with Crippen LogP contribution in [0.25, 0.3) is 6.08 Å². The molecule has 0 spiro atoms. The largest absolute Gasteiger partial charge is 0.369 e. The van der Waals surface area contributed by atoms with E-state index in [-0.39, 0.29) is 5.91 Å². The predicted molar refractivity (Wildman–Crippen MR) is 72.9 cm³/mol. The summed E-state index contributed by atoms with van der Waals surface area (Å²) < 4.78 is 0.844. The molecule has 0 aliphatic rings. The standard InChI is InChI=1S/C11H12BrN5O/c12-7-4-9(15-5-7)10(18)14-3-1-2-8-6-16-11(13)17-8/h1-2,4-6,15H,3H2,(H,14,18)(H3,13,16,17)/b2-1+. The van der Waals surface area contributed by atoms with Crippen LogP contribution >= 0.6 is 15.9 Å². The van der Waals surface area contributed by atoms with E-state index in [1.54, 1.807) is 24.5 Å². The van der Waals surface area contributed by atoms with Crippen molar-refractivity contribution in [2.75, 3.05) is 12.3 Å². The number of nitrogens with one attached hydrogen (secondary N) is 3. The van der Waals surface area contributed by atoms with Crippen molar-refractivity contribution in [3.63, 3.8) is 0 Å². The Balaban J connectivity index is 1.82. The molecule has 7 heteroatoms. The Labute approximate surface area is 112 Å². The van der Waals surface area contributed by atoms with Gasteiger partial charge in [0.05, 0.1) is 11.9 Å². The summed E-state index contributed by atoms with van der Waals surface area (Å²) in [6, 6.07) is 1.72. The number of nitrogen functional groups attached to an aromatic ring is 1. The van der Waals surface area contributed by atoms with Crippen molar-refractivity contribution >= 4 is 33.9 Å². The summed E-state index contributed by atoms with van der Waals surface area (Å²) in [5.74, 6) is 0.212. The summed E-state index contributed by atoms with van der Waals surface area (Å²) in [6.45, 7) is 0.425. The molecule has 0 fully saturated rings. The Bertz CT molecular complexity index is 572. The van der Waals surface area contributed by atoms with Crippen molar-refractivity contribution in [1.29, 1.82) is 0 Å². The molecule has 94 valence electrons. The summed E-state index contributed by atoms with van der Waals surface area (Å²) in [7, 11) is 0. The minimum Gasteiger partial charge on any atom is -0.369 e. The van der Waals surface area contributed by atoms with E-state index in [0.717, 1.165) is 10.2 Å². The van der Waals surface area contributed by atoms with Crippen LogP contribution in [0.3, 0.4) is 0 Å². The highest BCUT2D eigenvalue weighted by Gasteiger charge is 2.05. The summed E-state index contributed by atoms with van der Waals surface area (Å²) in [5, 5.41) is 2.75. The van der Waals surface area contributed by atoms with E-state index >= 15 is 0 Å². The second-order valence-corrected chi connectivity index (χ2v) is 4.48. The Morgan fingerprint density at radius 2 is 2.44 bits per heavy atom. The van der Waals surface area contributed by atoms with Gasteiger partial charge in [0.2, 0.25) is 0 Å². The minimum atomic E-state index is -0.158. The van der Waals surface area contributed by atoms with E-state index in [4.69, 9.17) is 5.73 Å². The van der Waals surface area contributed by atoms with Gasteiger partial charge >= 0.3 is 0 Å². The summed E-state index contributed by atoms with van der Waals surface area (Å²) in [5.41, 5.74) is 6.74. The average Bonchev–Trinajstić information content (AvgIpc) is 2.93. The number of imidazole rings is 1. The third-order valence-corrected chi connectivity index (χ3v) is 2.64. The summed E-state index contributed by atoms with van der Waals surface area (Å²) >= 11 is 3.27. The quantitative estimate of drug-likeness (QED) is 0.689. The van der Waals surface area contributed by atoms with Crippen molar-refractivity contribution in [2.24, 2.45) is 0 Å². The summed E-state index contributed by atoms with van der Waals surface area (Å²) in [6.07, 6.45) is 6.94. The van der Waals surface area contributed by atoms with Gasteiger partial charge in [0, 0.05) is 17.2 Å². The Hall–Kier alpha value is -2.02. The molecule has 0 bridgehead atoms. The monoisotopic (exact) mass is 309 g/mol. The number of carbonyl (C=O) groups is 1. The van der Waals surface area contributed by atoms with Crippen molar-refractivity contribution in [3.05, 3.63) is 40.4 Å². The van der Waals surface area contributed by atoms with Crippen LogP contribution in [0.4, 0.5) is 5.95 Å². The fourth-order valence-corrected chi connectivity index (χ4v) is 1.71. The maximum atomic E-state index is 11.6. The van der Waals surface area contributed by atoms with Crippen molar-refractivity contribution in [3.8, 4) is 0 Å². The molecule has 2 heterocycles. The van der Waals surface area contributed by atoms with Crippen molar-refractivity contribution < 1.29 is 4.79 Å². The molecular weight excluding hydrogens is 298 g/mol. The third-order valence-electron chi connectivity index (χ3n) is 2.19. The van der Waals surface area contributed by atoms with Gasteiger partial charge in [0.1, 0.15) is 5.69 Å². The van der Waals surface area contributed by atoms with Gasteiger partial charge in [-0.05, 0) is 28.1 Å². The topological polar surface area (TPSA) is 99.6 Å². The van der Waals surface area contributed by atoms with Gasteiger partial charge in [-0.25, -0.2) is 4.98 Å². The number of rotatable bonds is 4. The fourth-order valence-electron chi connectivity index (χ4n) is 1.37.